The highest BCUT2D eigenvalue weighted by molar-refractivity contribution is 5.81. The Hall–Kier alpha value is -1.95. The fourth-order valence-electron chi connectivity index (χ4n) is 2.54. The molecule has 2 heterocycles. The Morgan fingerprint density at radius 3 is 2.86 bits per heavy atom. The molecule has 1 fully saturated rings. The van der Waals surface area contributed by atoms with Crippen molar-refractivity contribution in [2.75, 3.05) is 31.2 Å². The molecule has 0 saturated carbocycles. The van der Waals surface area contributed by atoms with Crippen molar-refractivity contribution in [2.24, 2.45) is 0 Å². The topological polar surface area (TPSA) is 60.3 Å². The summed E-state index contributed by atoms with van der Waals surface area (Å²) in [6.45, 7) is 5.89. The first-order chi connectivity index (χ1) is 10.3. The van der Waals surface area contributed by atoms with Crippen LogP contribution in [0.1, 0.15) is 19.8 Å². The molecule has 0 bridgehead atoms. The smallest absolute Gasteiger partial charge is 0.277 e. The SMILES string of the molecule is CCCCn1nnc2ccc(N3CCOCC3)cc2c1=O. The fraction of sp³-hybridized carbons (Fsp3) is 0.533. The van der Waals surface area contributed by atoms with Gasteiger partial charge in [0.05, 0.1) is 18.6 Å². The fourth-order valence-corrected chi connectivity index (χ4v) is 2.54. The van der Waals surface area contributed by atoms with E-state index in [-0.39, 0.29) is 5.56 Å². The Bertz CT molecular complexity index is 677. The maximum atomic E-state index is 12.5. The van der Waals surface area contributed by atoms with Crippen molar-refractivity contribution >= 4 is 16.6 Å². The highest BCUT2D eigenvalue weighted by Gasteiger charge is 2.13. The van der Waals surface area contributed by atoms with Crippen molar-refractivity contribution in [3.8, 4) is 0 Å². The number of hydrogen-bond acceptors (Lipinski definition) is 5. The van der Waals surface area contributed by atoms with Crippen molar-refractivity contribution < 1.29 is 4.74 Å². The van der Waals surface area contributed by atoms with Crippen LogP contribution in [0.3, 0.4) is 0 Å². The lowest BCUT2D eigenvalue weighted by Crippen LogP contribution is -2.36. The Labute approximate surface area is 123 Å². The van der Waals surface area contributed by atoms with E-state index in [0.29, 0.717) is 17.4 Å². The van der Waals surface area contributed by atoms with Crippen molar-refractivity contribution in [3.63, 3.8) is 0 Å². The molecule has 21 heavy (non-hydrogen) atoms. The number of ether oxygens (including phenoxy) is 1. The van der Waals surface area contributed by atoms with Gasteiger partial charge in [0.2, 0.25) is 0 Å². The second-order valence-electron chi connectivity index (χ2n) is 5.27. The molecule has 6 nitrogen and oxygen atoms in total. The monoisotopic (exact) mass is 288 g/mol. The lowest BCUT2D eigenvalue weighted by molar-refractivity contribution is 0.122. The zero-order valence-electron chi connectivity index (χ0n) is 12.3. The number of hydrogen-bond donors (Lipinski definition) is 0. The van der Waals surface area contributed by atoms with Crippen LogP contribution in [0.15, 0.2) is 23.0 Å². The molecule has 0 unspecified atom stereocenters. The van der Waals surface area contributed by atoms with Gasteiger partial charge in [-0.15, -0.1) is 5.10 Å². The van der Waals surface area contributed by atoms with Crippen LogP contribution in [0.2, 0.25) is 0 Å². The lowest BCUT2D eigenvalue weighted by Gasteiger charge is -2.28. The van der Waals surface area contributed by atoms with Gasteiger partial charge in [0, 0.05) is 25.3 Å². The van der Waals surface area contributed by atoms with Crippen LogP contribution in [-0.4, -0.2) is 41.3 Å². The second kappa shape index (κ2) is 6.22. The Morgan fingerprint density at radius 2 is 2.10 bits per heavy atom. The predicted octanol–water partition coefficient (Wildman–Crippen LogP) is 1.43. The molecule has 0 amide bonds. The van der Waals surface area contributed by atoms with E-state index in [9.17, 15) is 4.79 Å². The number of aromatic nitrogens is 3. The summed E-state index contributed by atoms with van der Waals surface area (Å²) in [7, 11) is 0. The zero-order chi connectivity index (χ0) is 14.7. The maximum Gasteiger partial charge on any atom is 0.277 e. The van der Waals surface area contributed by atoms with Gasteiger partial charge in [0.15, 0.2) is 0 Å². The van der Waals surface area contributed by atoms with E-state index in [0.717, 1.165) is 44.8 Å². The van der Waals surface area contributed by atoms with Crippen LogP contribution in [0, 0.1) is 0 Å². The van der Waals surface area contributed by atoms with Gasteiger partial charge in [-0.3, -0.25) is 4.79 Å². The number of aryl methyl sites for hydroxylation is 1. The lowest BCUT2D eigenvalue weighted by atomic mass is 10.2. The van der Waals surface area contributed by atoms with Gasteiger partial charge in [-0.2, -0.15) is 0 Å². The minimum absolute atomic E-state index is 0.0523. The van der Waals surface area contributed by atoms with Crippen molar-refractivity contribution in [1.82, 2.24) is 15.0 Å². The van der Waals surface area contributed by atoms with E-state index in [1.54, 1.807) is 0 Å². The highest BCUT2D eigenvalue weighted by Crippen LogP contribution is 2.19. The quantitative estimate of drug-likeness (QED) is 0.851. The molecule has 6 heteroatoms. The minimum atomic E-state index is -0.0523. The summed E-state index contributed by atoms with van der Waals surface area (Å²) in [5.41, 5.74) is 1.66. The Balaban J connectivity index is 1.98. The number of benzene rings is 1. The maximum absolute atomic E-state index is 12.5. The molecule has 2 aromatic rings. The predicted molar refractivity (Wildman–Crippen MR) is 81.7 cm³/mol. The summed E-state index contributed by atoms with van der Waals surface area (Å²) in [6.07, 6.45) is 1.96. The van der Waals surface area contributed by atoms with E-state index in [1.807, 2.05) is 18.2 Å². The first-order valence-electron chi connectivity index (χ1n) is 7.50. The normalized spacial score (nSPS) is 15.6. The largest absolute Gasteiger partial charge is 0.378 e. The number of unbranched alkanes of at least 4 members (excludes halogenated alkanes) is 1. The minimum Gasteiger partial charge on any atom is -0.378 e. The van der Waals surface area contributed by atoms with E-state index in [2.05, 4.69) is 22.1 Å². The van der Waals surface area contributed by atoms with E-state index >= 15 is 0 Å². The summed E-state index contributed by atoms with van der Waals surface area (Å²) in [4.78, 5) is 14.7. The molecule has 112 valence electrons. The molecule has 0 radical (unpaired) electrons. The molecule has 0 aliphatic carbocycles. The van der Waals surface area contributed by atoms with E-state index in [1.165, 1.54) is 4.68 Å². The number of morpholine rings is 1. The first kappa shape index (κ1) is 14.0. The van der Waals surface area contributed by atoms with Gasteiger partial charge < -0.3 is 9.64 Å². The molecule has 1 aliphatic heterocycles. The van der Waals surface area contributed by atoms with Crippen molar-refractivity contribution in [2.45, 2.75) is 26.3 Å². The van der Waals surface area contributed by atoms with Gasteiger partial charge in [0.1, 0.15) is 5.52 Å². The molecular weight excluding hydrogens is 268 g/mol. The molecular formula is C15H20N4O2. The molecule has 1 aromatic carbocycles. The second-order valence-corrected chi connectivity index (χ2v) is 5.27. The van der Waals surface area contributed by atoms with Crippen LogP contribution >= 0.6 is 0 Å². The van der Waals surface area contributed by atoms with Crippen LogP contribution in [0.5, 0.6) is 0 Å². The third-order valence-corrected chi connectivity index (χ3v) is 3.81. The highest BCUT2D eigenvalue weighted by atomic mass is 16.5. The summed E-state index contributed by atoms with van der Waals surface area (Å²) in [6, 6.07) is 5.80. The van der Waals surface area contributed by atoms with E-state index in [4.69, 9.17) is 4.74 Å². The third-order valence-electron chi connectivity index (χ3n) is 3.81. The first-order valence-corrected chi connectivity index (χ1v) is 7.50. The summed E-state index contributed by atoms with van der Waals surface area (Å²) in [5, 5.41) is 8.80. The zero-order valence-corrected chi connectivity index (χ0v) is 12.3. The van der Waals surface area contributed by atoms with Crippen molar-refractivity contribution in [1.29, 1.82) is 0 Å². The van der Waals surface area contributed by atoms with Gasteiger partial charge in [0.25, 0.3) is 5.56 Å². The van der Waals surface area contributed by atoms with Gasteiger partial charge >= 0.3 is 0 Å². The molecule has 0 spiro atoms. The molecule has 1 saturated heterocycles. The Morgan fingerprint density at radius 1 is 1.29 bits per heavy atom. The standard InChI is InChI=1S/C15H20N4O2/c1-2-3-6-19-15(20)13-11-12(4-5-14(13)16-17-19)18-7-9-21-10-8-18/h4-5,11H,2-3,6-10H2,1H3. The van der Waals surface area contributed by atoms with Crippen molar-refractivity contribution in [3.05, 3.63) is 28.6 Å². The van der Waals surface area contributed by atoms with E-state index < -0.39 is 0 Å². The number of rotatable bonds is 4. The molecule has 0 N–H and O–H groups in total. The molecule has 3 rings (SSSR count). The van der Waals surface area contributed by atoms with Crippen LogP contribution < -0.4 is 10.5 Å². The summed E-state index contributed by atoms with van der Waals surface area (Å²) in [5.74, 6) is 0. The molecule has 1 aromatic heterocycles. The average Bonchev–Trinajstić information content (AvgIpc) is 2.55. The van der Waals surface area contributed by atoms with Gasteiger partial charge in [-0.1, -0.05) is 18.6 Å². The summed E-state index contributed by atoms with van der Waals surface area (Å²) >= 11 is 0. The average molecular weight is 288 g/mol. The molecule has 0 atom stereocenters. The molecule has 1 aliphatic rings. The Kier molecular flexibility index (Phi) is 4.15. The number of anilines is 1. The van der Waals surface area contributed by atoms with Gasteiger partial charge in [-0.05, 0) is 24.6 Å². The number of fused-ring (bicyclic) bond motifs is 1. The van der Waals surface area contributed by atoms with Gasteiger partial charge in [-0.25, -0.2) is 4.68 Å². The third kappa shape index (κ3) is 2.90. The van der Waals surface area contributed by atoms with Crippen LogP contribution in [0.25, 0.3) is 10.9 Å². The summed E-state index contributed by atoms with van der Waals surface area (Å²) < 4.78 is 6.83. The van der Waals surface area contributed by atoms with Crippen LogP contribution in [-0.2, 0) is 11.3 Å². The van der Waals surface area contributed by atoms with Crippen LogP contribution in [0.4, 0.5) is 5.69 Å². The number of nitrogens with zero attached hydrogens (tertiary/aromatic N) is 4.